The molecule has 0 aromatic carbocycles. The van der Waals surface area contributed by atoms with Crippen LogP contribution >= 0.6 is 11.3 Å². The first-order valence-electron chi connectivity index (χ1n) is 6.62. The van der Waals surface area contributed by atoms with Crippen LogP contribution < -0.4 is 5.32 Å². The first-order chi connectivity index (χ1) is 8.88. The number of hydrogen-bond acceptors (Lipinski definition) is 4. The Balaban J connectivity index is 1.82. The SMILES string of the molecule is CCCNCc1sc(-c2ccco2)nc1C1CC1. The van der Waals surface area contributed by atoms with E-state index in [-0.39, 0.29) is 0 Å². The van der Waals surface area contributed by atoms with Crippen LogP contribution in [0.15, 0.2) is 22.8 Å². The molecule has 1 aliphatic carbocycles. The molecule has 0 bridgehead atoms. The zero-order valence-corrected chi connectivity index (χ0v) is 11.4. The molecule has 1 aliphatic rings. The van der Waals surface area contributed by atoms with Gasteiger partial charge in [-0.05, 0) is 37.9 Å². The molecule has 0 amide bonds. The maximum atomic E-state index is 5.44. The van der Waals surface area contributed by atoms with E-state index in [9.17, 15) is 0 Å². The molecule has 3 nitrogen and oxygen atoms in total. The highest BCUT2D eigenvalue weighted by Gasteiger charge is 2.29. The van der Waals surface area contributed by atoms with Crippen LogP contribution in [0, 0.1) is 0 Å². The summed E-state index contributed by atoms with van der Waals surface area (Å²) in [5.41, 5.74) is 1.30. The largest absolute Gasteiger partial charge is 0.462 e. The number of furan rings is 1. The molecule has 0 aliphatic heterocycles. The Morgan fingerprint density at radius 3 is 3.06 bits per heavy atom. The van der Waals surface area contributed by atoms with Gasteiger partial charge in [0.2, 0.25) is 0 Å². The Morgan fingerprint density at radius 2 is 2.39 bits per heavy atom. The van der Waals surface area contributed by atoms with Gasteiger partial charge in [-0.1, -0.05) is 6.92 Å². The predicted octanol–water partition coefficient (Wildman–Crippen LogP) is 3.78. The Labute approximate surface area is 111 Å². The third-order valence-corrected chi connectivity index (χ3v) is 4.22. The lowest BCUT2D eigenvalue weighted by molar-refractivity contribution is 0.581. The summed E-state index contributed by atoms with van der Waals surface area (Å²) in [6, 6.07) is 3.90. The smallest absolute Gasteiger partial charge is 0.162 e. The molecular formula is C14H18N2OS. The summed E-state index contributed by atoms with van der Waals surface area (Å²) < 4.78 is 5.44. The van der Waals surface area contributed by atoms with Crippen LogP contribution in [0.2, 0.25) is 0 Å². The molecule has 1 fully saturated rings. The van der Waals surface area contributed by atoms with Crippen molar-refractivity contribution in [1.29, 1.82) is 0 Å². The summed E-state index contributed by atoms with van der Waals surface area (Å²) in [6.07, 6.45) is 5.47. The van der Waals surface area contributed by atoms with E-state index >= 15 is 0 Å². The van der Waals surface area contributed by atoms with Gasteiger partial charge >= 0.3 is 0 Å². The van der Waals surface area contributed by atoms with Gasteiger partial charge < -0.3 is 9.73 Å². The van der Waals surface area contributed by atoms with E-state index in [0.717, 1.165) is 23.9 Å². The van der Waals surface area contributed by atoms with Crippen LogP contribution in [0.1, 0.15) is 42.7 Å². The summed E-state index contributed by atoms with van der Waals surface area (Å²) >= 11 is 1.77. The van der Waals surface area contributed by atoms with Gasteiger partial charge in [0.15, 0.2) is 10.8 Å². The van der Waals surface area contributed by atoms with Crippen molar-refractivity contribution < 1.29 is 4.42 Å². The number of thiazole rings is 1. The lowest BCUT2D eigenvalue weighted by atomic mass is 10.2. The van der Waals surface area contributed by atoms with Gasteiger partial charge in [-0.15, -0.1) is 11.3 Å². The van der Waals surface area contributed by atoms with Crippen molar-refractivity contribution in [2.75, 3.05) is 6.54 Å². The molecule has 0 saturated heterocycles. The van der Waals surface area contributed by atoms with Crippen LogP contribution in [-0.4, -0.2) is 11.5 Å². The van der Waals surface area contributed by atoms with Crippen LogP contribution in [-0.2, 0) is 6.54 Å². The molecule has 0 spiro atoms. The molecule has 1 N–H and O–H groups in total. The number of hydrogen-bond donors (Lipinski definition) is 1. The van der Waals surface area contributed by atoms with Crippen LogP contribution in [0.4, 0.5) is 0 Å². The lowest BCUT2D eigenvalue weighted by Gasteiger charge is -2.01. The molecular weight excluding hydrogens is 244 g/mol. The second kappa shape index (κ2) is 5.24. The van der Waals surface area contributed by atoms with E-state index in [1.54, 1.807) is 17.6 Å². The number of aromatic nitrogens is 1. The highest BCUT2D eigenvalue weighted by Crippen LogP contribution is 2.44. The number of nitrogens with zero attached hydrogens (tertiary/aromatic N) is 1. The Kier molecular flexibility index (Phi) is 3.48. The predicted molar refractivity (Wildman–Crippen MR) is 73.8 cm³/mol. The van der Waals surface area contributed by atoms with Crippen molar-refractivity contribution in [3.05, 3.63) is 29.0 Å². The molecule has 2 aromatic rings. The molecule has 18 heavy (non-hydrogen) atoms. The van der Waals surface area contributed by atoms with E-state index in [2.05, 4.69) is 12.2 Å². The van der Waals surface area contributed by atoms with Crippen molar-refractivity contribution >= 4 is 11.3 Å². The van der Waals surface area contributed by atoms with E-state index in [1.165, 1.54) is 29.8 Å². The minimum absolute atomic E-state index is 0.698. The quantitative estimate of drug-likeness (QED) is 0.805. The Hall–Kier alpha value is -1.13. The zero-order valence-electron chi connectivity index (χ0n) is 10.6. The monoisotopic (exact) mass is 262 g/mol. The van der Waals surface area contributed by atoms with Crippen molar-refractivity contribution in [3.63, 3.8) is 0 Å². The molecule has 2 aromatic heterocycles. The second-order valence-electron chi connectivity index (χ2n) is 4.76. The lowest BCUT2D eigenvalue weighted by Crippen LogP contribution is -2.13. The normalized spacial score (nSPS) is 15.2. The van der Waals surface area contributed by atoms with Crippen molar-refractivity contribution in [2.24, 2.45) is 0 Å². The van der Waals surface area contributed by atoms with Gasteiger partial charge in [0.1, 0.15) is 0 Å². The topological polar surface area (TPSA) is 38.1 Å². The summed E-state index contributed by atoms with van der Waals surface area (Å²) in [4.78, 5) is 6.16. The first kappa shape index (κ1) is 11.9. The van der Waals surface area contributed by atoms with E-state index in [4.69, 9.17) is 9.40 Å². The molecule has 1 saturated carbocycles. The minimum atomic E-state index is 0.698. The molecule has 0 radical (unpaired) electrons. The fourth-order valence-electron chi connectivity index (χ4n) is 2.05. The average Bonchev–Trinajstić information content (AvgIpc) is 2.93. The maximum Gasteiger partial charge on any atom is 0.162 e. The molecule has 4 heteroatoms. The molecule has 0 unspecified atom stereocenters. The molecule has 3 rings (SSSR count). The van der Waals surface area contributed by atoms with Gasteiger partial charge in [0.25, 0.3) is 0 Å². The number of rotatable bonds is 6. The van der Waals surface area contributed by atoms with Gasteiger partial charge in [-0.2, -0.15) is 0 Å². The average molecular weight is 262 g/mol. The van der Waals surface area contributed by atoms with E-state index in [0.29, 0.717) is 5.92 Å². The minimum Gasteiger partial charge on any atom is -0.462 e. The molecule has 96 valence electrons. The summed E-state index contributed by atoms with van der Waals surface area (Å²) in [5.74, 6) is 1.59. The molecule has 2 heterocycles. The Morgan fingerprint density at radius 1 is 1.50 bits per heavy atom. The van der Waals surface area contributed by atoms with Gasteiger partial charge in [-0.3, -0.25) is 0 Å². The summed E-state index contributed by atoms with van der Waals surface area (Å²) in [5, 5.41) is 4.50. The highest BCUT2D eigenvalue weighted by molar-refractivity contribution is 7.15. The zero-order chi connectivity index (χ0) is 12.4. The van der Waals surface area contributed by atoms with Crippen molar-refractivity contribution in [2.45, 2.75) is 38.6 Å². The maximum absolute atomic E-state index is 5.44. The fourth-order valence-corrected chi connectivity index (χ4v) is 3.14. The van der Waals surface area contributed by atoms with E-state index in [1.807, 2.05) is 12.1 Å². The second-order valence-corrected chi connectivity index (χ2v) is 5.84. The third-order valence-electron chi connectivity index (χ3n) is 3.14. The van der Waals surface area contributed by atoms with Crippen LogP contribution in [0.3, 0.4) is 0 Å². The van der Waals surface area contributed by atoms with Gasteiger partial charge in [-0.25, -0.2) is 4.98 Å². The summed E-state index contributed by atoms with van der Waals surface area (Å²) in [7, 11) is 0. The van der Waals surface area contributed by atoms with Crippen molar-refractivity contribution in [1.82, 2.24) is 10.3 Å². The standard InChI is InChI=1S/C14H18N2OS/c1-2-7-15-9-12-13(10-5-6-10)16-14(18-12)11-4-3-8-17-11/h3-4,8,10,15H,2,5-7,9H2,1H3. The number of nitrogens with one attached hydrogen (secondary N) is 1. The fraction of sp³-hybridized carbons (Fsp3) is 0.500. The summed E-state index contributed by atoms with van der Waals surface area (Å²) in [6.45, 7) is 4.20. The third kappa shape index (κ3) is 2.49. The first-order valence-corrected chi connectivity index (χ1v) is 7.44. The highest BCUT2D eigenvalue weighted by atomic mass is 32.1. The van der Waals surface area contributed by atoms with Crippen LogP contribution in [0.5, 0.6) is 0 Å². The molecule has 0 atom stereocenters. The van der Waals surface area contributed by atoms with Gasteiger partial charge in [0.05, 0.1) is 12.0 Å². The van der Waals surface area contributed by atoms with Crippen LogP contribution in [0.25, 0.3) is 10.8 Å². The Bertz CT molecular complexity index is 500. The van der Waals surface area contributed by atoms with Gasteiger partial charge in [0, 0.05) is 17.3 Å². The van der Waals surface area contributed by atoms with Crippen molar-refractivity contribution in [3.8, 4) is 10.8 Å². The van der Waals surface area contributed by atoms with E-state index < -0.39 is 0 Å².